The Kier molecular flexibility index (Phi) is 9.78. The van der Waals surface area contributed by atoms with Crippen molar-refractivity contribution in [2.75, 3.05) is 7.05 Å². The van der Waals surface area contributed by atoms with Crippen LogP contribution in [0.4, 0.5) is 0 Å². The zero-order chi connectivity index (χ0) is 11.7. The first-order valence-corrected chi connectivity index (χ1v) is 5.00. The monoisotopic (exact) mass is 200 g/mol. The highest BCUT2D eigenvalue weighted by atomic mass is 16.1. The van der Waals surface area contributed by atoms with E-state index in [1.54, 1.807) is 0 Å². The molecule has 0 amide bonds. The summed E-state index contributed by atoms with van der Waals surface area (Å²) in [6, 6.07) is 0. The summed E-state index contributed by atoms with van der Waals surface area (Å²) in [5.74, 6) is 0.750. The quantitative estimate of drug-likeness (QED) is 0.536. The van der Waals surface area contributed by atoms with E-state index in [0.29, 0.717) is 5.92 Å². The first-order chi connectivity index (χ1) is 6.49. The molecule has 0 rings (SSSR count). The van der Waals surface area contributed by atoms with Gasteiger partial charge in [-0.15, -0.1) is 0 Å². The van der Waals surface area contributed by atoms with Gasteiger partial charge in [-0.1, -0.05) is 27.7 Å². The summed E-state index contributed by atoms with van der Waals surface area (Å²) in [6.45, 7) is 8.15. The molecule has 0 radical (unpaired) electrons. The van der Waals surface area contributed by atoms with Crippen LogP contribution in [-0.2, 0) is 4.79 Å². The van der Waals surface area contributed by atoms with Crippen LogP contribution in [0, 0.1) is 11.8 Å². The lowest BCUT2D eigenvalue weighted by molar-refractivity contribution is -0.105. The lowest BCUT2D eigenvalue weighted by atomic mass is 9.98. The van der Waals surface area contributed by atoms with Gasteiger partial charge < -0.3 is 11.5 Å². The maximum absolute atomic E-state index is 10.6. The number of aldehydes is 1. The summed E-state index contributed by atoms with van der Waals surface area (Å²) in [6.07, 6.45) is 1.69. The minimum absolute atomic E-state index is 0.237. The zero-order valence-corrected chi connectivity index (χ0v) is 10.0. The Morgan fingerprint density at radius 2 is 1.64 bits per heavy atom. The Morgan fingerprint density at radius 3 is 1.86 bits per heavy atom. The summed E-state index contributed by atoms with van der Waals surface area (Å²) < 4.78 is 0. The third-order valence-electron chi connectivity index (χ3n) is 1.75. The van der Waals surface area contributed by atoms with Gasteiger partial charge in [-0.3, -0.25) is 4.79 Å². The molecule has 4 N–H and O–H groups in total. The topological polar surface area (TPSA) is 69.1 Å². The Labute approximate surface area is 87.5 Å². The van der Waals surface area contributed by atoms with E-state index in [2.05, 4.69) is 19.6 Å². The predicted molar refractivity (Wildman–Crippen MR) is 61.7 cm³/mol. The fourth-order valence-corrected chi connectivity index (χ4v) is 1.14. The highest BCUT2D eigenvalue weighted by molar-refractivity contribution is 5.74. The SMILES string of the molecule is CC(C)C/C(N)=C(\C=O)C(C)C.CN. The molecule has 0 saturated carbocycles. The van der Waals surface area contributed by atoms with Crippen LogP contribution in [0.15, 0.2) is 11.3 Å². The molecule has 0 aromatic heterocycles. The van der Waals surface area contributed by atoms with Crippen molar-refractivity contribution in [1.82, 2.24) is 0 Å². The van der Waals surface area contributed by atoms with Crippen molar-refractivity contribution in [1.29, 1.82) is 0 Å². The molecule has 0 unspecified atom stereocenters. The molecular weight excluding hydrogens is 176 g/mol. The Balaban J connectivity index is 0. The Morgan fingerprint density at radius 1 is 1.21 bits per heavy atom. The number of nitrogens with two attached hydrogens (primary N) is 2. The summed E-state index contributed by atoms with van der Waals surface area (Å²) in [4.78, 5) is 10.6. The number of carbonyl (C=O) groups excluding carboxylic acids is 1. The molecule has 0 aromatic rings. The average molecular weight is 200 g/mol. The van der Waals surface area contributed by atoms with Crippen molar-refractivity contribution in [2.45, 2.75) is 34.1 Å². The third-order valence-corrected chi connectivity index (χ3v) is 1.75. The first kappa shape index (κ1) is 15.6. The van der Waals surface area contributed by atoms with E-state index in [9.17, 15) is 4.79 Å². The van der Waals surface area contributed by atoms with Gasteiger partial charge in [-0.2, -0.15) is 0 Å². The van der Waals surface area contributed by atoms with E-state index < -0.39 is 0 Å². The lowest BCUT2D eigenvalue weighted by Crippen LogP contribution is -2.10. The van der Waals surface area contributed by atoms with Crippen molar-refractivity contribution in [3.8, 4) is 0 Å². The van der Waals surface area contributed by atoms with Crippen molar-refractivity contribution in [3.63, 3.8) is 0 Å². The third kappa shape index (κ3) is 6.66. The molecule has 0 fully saturated rings. The van der Waals surface area contributed by atoms with E-state index in [1.807, 2.05) is 13.8 Å². The largest absolute Gasteiger partial charge is 0.402 e. The Hall–Kier alpha value is -0.830. The van der Waals surface area contributed by atoms with Gasteiger partial charge in [0.05, 0.1) is 0 Å². The fourth-order valence-electron chi connectivity index (χ4n) is 1.14. The van der Waals surface area contributed by atoms with Crippen molar-refractivity contribution >= 4 is 6.29 Å². The van der Waals surface area contributed by atoms with Crippen molar-refractivity contribution in [3.05, 3.63) is 11.3 Å². The molecule has 0 spiro atoms. The molecule has 3 nitrogen and oxygen atoms in total. The number of rotatable bonds is 4. The van der Waals surface area contributed by atoms with Crippen LogP contribution in [0.2, 0.25) is 0 Å². The van der Waals surface area contributed by atoms with Gasteiger partial charge in [0.25, 0.3) is 0 Å². The molecule has 0 aliphatic heterocycles. The second-order valence-electron chi connectivity index (χ2n) is 3.85. The highest BCUT2D eigenvalue weighted by Crippen LogP contribution is 2.15. The van der Waals surface area contributed by atoms with Crippen LogP contribution in [-0.4, -0.2) is 13.3 Å². The molecule has 0 bridgehead atoms. The smallest absolute Gasteiger partial charge is 0.148 e. The van der Waals surface area contributed by atoms with E-state index in [-0.39, 0.29) is 5.92 Å². The molecule has 0 aromatic carbocycles. The Bertz CT molecular complexity index is 184. The van der Waals surface area contributed by atoms with Gasteiger partial charge in [0.2, 0.25) is 0 Å². The molecule has 0 atom stereocenters. The zero-order valence-electron chi connectivity index (χ0n) is 10.0. The molecule has 14 heavy (non-hydrogen) atoms. The average Bonchev–Trinajstić information content (AvgIpc) is 2.06. The van der Waals surface area contributed by atoms with Crippen LogP contribution in [0.3, 0.4) is 0 Å². The molecule has 3 heteroatoms. The van der Waals surface area contributed by atoms with Gasteiger partial charge >= 0.3 is 0 Å². The molecule has 84 valence electrons. The minimum atomic E-state index is 0.237. The molecule has 0 saturated heterocycles. The summed E-state index contributed by atoms with van der Waals surface area (Å²) in [5, 5.41) is 0. The number of allylic oxidation sites excluding steroid dienone is 2. The van der Waals surface area contributed by atoms with E-state index in [0.717, 1.165) is 24.0 Å². The van der Waals surface area contributed by atoms with Crippen LogP contribution < -0.4 is 11.5 Å². The molecular formula is C11H24N2O. The minimum Gasteiger partial charge on any atom is -0.402 e. The maximum Gasteiger partial charge on any atom is 0.148 e. The van der Waals surface area contributed by atoms with Crippen molar-refractivity contribution < 1.29 is 4.79 Å². The van der Waals surface area contributed by atoms with Crippen LogP contribution in [0.1, 0.15) is 34.1 Å². The second-order valence-corrected chi connectivity index (χ2v) is 3.85. The van der Waals surface area contributed by atoms with Gasteiger partial charge in [-0.05, 0) is 25.3 Å². The maximum atomic E-state index is 10.6. The number of hydrogen-bond acceptors (Lipinski definition) is 3. The highest BCUT2D eigenvalue weighted by Gasteiger charge is 2.08. The normalized spacial score (nSPS) is 12.0. The lowest BCUT2D eigenvalue weighted by Gasteiger charge is -2.11. The van der Waals surface area contributed by atoms with Crippen LogP contribution >= 0.6 is 0 Å². The summed E-state index contributed by atoms with van der Waals surface area (Å²) in [7, 11) is 1.50. The first-order valence-electron chi connectivity index (χ1n) is 5.00. The second kappa shape index (κ2) is 8.75. The molecule has 0 heterocycles. The van der Waals surface area contributed by atoms with Gasteiger partial charge in [0.1, 0.15) is 6.29 Å². The molecule has 0 aliphatic rings. The summed E-state index contributed by atoms with van der Waals surface area (Å²) >= 11 is 0. The van der Waals surface area contributed by atoms with Crippen LogP contribution in [0.25, 0.3) is 0 Å². The van der Waals surface area contributed by atoms with E-state index >= 15 is 0 Å². The van der Waals surface area contributed by atoms with E-state index in [4.69, 9.17) is 5.73 Å². The van der Waals surface area contributed by atoms with E-state index in [1.165, 1.54) is 7.05 Å². The van der Waals surface area contributed by atoms with Crippen molar-refractivity contribution in [2.24, 2.45) is 23.3 Å². The van der Waals surface area contributed by atoms with Crippen LogP contribution in [0.5, 0.6) is 0 Å². The van der Waals surface area contributed by atoms with Gasteiger partial charge in [-0.25, -0.2) is 0 Å². The fraction of sp³-hybridized carbons (Fsp3) is 0.727. The van der Waals surface area contributed by atoms with Gasteiger partial charge in [0, 0.05) is 11.3 Å². The predicted octanol–water partition coefficient (Wildman–Crippen LogP) is 1.68. The summed E-state index contributed by atoms with van der Waals surface area (Å²) in [5.41, 5.74) is 11.8. The molecule has 0 aliphatic carbocycles. The van der Waals surface area contributed by atoms with Gasteiger partial charge in [0.15, 0.2) is 0 Å². The standard InChI is InChI=1S/C10H19NO.CH5N/c1-7(2)5-10(11)9(6-12)8(3)4;1-2/h6-8H,5,11H2,1-4H3;2H2,1H3/b10-9-;. The number of hydrogen-bond donors (Lipinski definition) is 2. The number of carbonyl (C=O) groups is 1.